The van der Waals surface area contributed by atoms with Gasteiger partial charge in [-0.2, -0.15) is 0 Å². The van der Waals surface area contributed by atoms with E-state index in [1.807, 2.05) is 0 Å². The smallest absolute Gasteiger partial charge is 0.0774 e. The molecular formula is C6H12N4O. The minimum atomic E-state index is -0.139. The van der Waals surface area contributed by atoms with Crippen LogP contribution in [0.4, 0.5) is 0 Å². The number of hydrogen-bond donors (Lipinski definition) is 1. The van der Waals surface area contributed by atoms with Crippen LogP contribution in [-0.2, 0) is 11.8 Å². The molecule has 0 aliphatic carbocycles. The first-order valence-electron chi connectivity index (χ1n) is 3.34. The third kappa shape index (κ3) is 1.75. The average Bonchev–Trinajstić information content (AvgIpc) is 2.36. The van der Waals surface area contributed by atoms with Crippen molar-refractivity contribution in [2.75, 3.05) is 13.7 Å². The first-order chi connectivity index (χ1) is 5.25. The van der Waals surface area contributed by atoms with Crippen LogP contribution in [0.1, 0.15) is 11.7 Å². The molecule has 1 aromatic heterocycles. The highest BCUT2D eigenvalue weighted by Gasteiger charge is 2.09. The average molecular weight is 156 g/mol. The lowest BCUT2D eigenvalue weighted by molar-refractivity contribution is 0.178. The molecule has 11 heavy (non-hydrogen) atoms. The van der Waals surface area contributed by atoms with Gasteiger partial charge < -0.3 is 10.5 Å². The zero-order chi connectivity index (χ0) is 8.27. The molecule has 62 valence electrons. The monoisotopic (exact) mass is 156 g/mol. The molecule has 5 nitrogen and oxygen atoms in total. The number of nitrogens with two attached hydrogens (primary N) is 1. The van der Waals surface area contributed by atoms with E-state index in [0.29, 0.717) is 6.61 Å². The summed E-state index contributed by atoms with van der Waals surface area (Å²) in [4.78, 5) is 0. The van der Waals surface area contributed by atoms with Crippen molar-refractivity contribution in [3.63, 3.8) is 0 Å². The molecular weight excluding hydrogens is 144 g/mol. The van der Waals surface area contributed by atoms with Crippen LogP contribution in [0.5, 0.6) is 0 Å². The highest BCUT2D eigenvalue weighted by Crippen LogP contribution is 2.05. The molecule has 0 bridgehead atoms. The minimum absolute atomic E-state index is 0.139. The predicted molar refractivity (Wildman–Crippen MR) is 39.8 cm³/mol. The largest absolute Gasteiger partial charge is 0.383 e. The van der Waals surface area contributed by atoms with Crippen LogP contribution in [0.25, 0.3) is 0 Å². The number of methoxy groups -OCH3 is 1. The molecule has 0 saturated heterocycles. The van der Waals surface area contributed by atoms with E-state index in [0.717, 1.165) is 5.69 Å². The Morgan fingerprint density at radius 3 is 3.00 bits per heavy atom. The zero-order valence-corrected chi connectivity index (χ0v) is 6.69. The lowest BCUT2D eigenvalue weighted by Gasteiger charge is -2.08. The van der Waals surface area contributed by atoms with Crippen LogP contribution in [0.3, 0.4) is 0 Å². The van der Waals surface area contributed by atoms with Crippen molar-refractivity contribution in [3.05, 3.63) is 11.9 Å². The summed E-state index contributed by atoms with van der Waals surface area (Å²) in [7, 11) is 3.42. The Hall–Kier alpha value is -0.940. The van der Waals surface area contributed by atoms with Crippen molar-refractivity contribution >= 4 is 0 Å². The van der Waals surface area contributed by atoms with Gasteiger partial charge in [-0.05, 0) is 0 Å². The van der Waals surface area contributed by atoms with Gasteiger partial charge in [0.2, 0.25) is 0 Å². The van der Waals surface area contributed by atoms with E-state index in [2.05, 4.69) is 10.3 Å². The summed E-state index contributed by atoms with van der Waals surface area (Å²) in [6.45, 7) is 0.487. The molecule has 0 fully saturated rings. The maximum Gasteiger partial charge on any atom is 0.0774 e. The molecule has 1 atom stereocenters. The summed E-state index contributed by atoms with van der Waals surface area (Å²) >= 11 is 0. The highest BCUT2D eigenvalue weighted by atomic mass is 16.5. The van der Waals surface area contributed by atoms with Crippen LogP contribution in [-0.4, -0.2) is 28.7 Å². The molecule has 0 unspecified atom stereocenters. The van der Waals surface area contributed by atoms with Crippen molar-refractivity contribution in [2.24, 2.45) is 12.8 Å². The van der Waals surface area contributed by atoms with E-state index in [-0.39, 0.29) is 6.04 Å². The first-order valence-corrected chi connectivity index (χ1v) is 3.34. The molecule has 2 N–H and O–H groups in total. The third-order valence-electron chi connectivity index (χ3n) is 1.48. The quantitative estimate of drug-likeness (QED) is 0.638. The fourth-order valence-corrected chi connectivity index (χ4v) is 0.898. The molecule has 0 aliphatic rings. The highest BCUT2D eigenvalue weighted by molar-refractivity contribution is 5.00. The van der Waals surface area contributed by atoms with Gasteiger partial charge in [0, 0.05) is 14.2 Å². The van der Waals surface area contributed by atoms with E-state index >= 15 is 0 Å². The van der Waals surface area contributed by atoms with Crippen molar-refractivity contribution < 1.29 is 4.74 Å². The van der Waals surface area contributed by atoms with Crippen LogP contribution < -0.4 is 5.73 Å². The van der Waals surface area contributed by atoms with E-state index < -0.39 is 0 Å². The summed E-state index contributed by atoms with van der Waals surface area (Å²) in [5.41, 5.74) is 6.61. The molecule has 1 rings (SSSR count). The number of aryl methyl sites for hydroxylation is 1. The Balaban J connectivity index is 2.67. The Bertz CT molecular complexity index is 222. The SMILES string of the molecule is COC[C@H](N)c1cnnn1C. The van der Waals surface area contributed by atoms with Crippen molar-refractivity contribution in [2.45, 2.75) is 6.04 Å². The second-order valence-corrected chi connectivity index (χ2v) is 2.34. The fraction of sp³-hybridized carbons (Fsp3) is 0.667. The maximum atomic E-state index is 5.72. The summed E-state index contributed by atoms with van der Waals surface area (Å²) in [5, 5.41) is 7.45. The van der Waals surface area contributed by atoms with Crippen molar-refractivity contribution in [3.8, 4) is 0 Å². The molecule has 0 saturated carbocycles. The molecule has 1 aromatic rings. The Labute approximate surface area is 65.1 Å². The van der Waals surface area contributed by atoms with Crippen LogP contribution in [0.15, 0.2) is 6.20 Å². The topological polar surface area (TPSA) is 66.0 Å². The number of rotatable bonds is 3. The van der Waals surface area contributed by atoms with Crippen molar-refractivity contribution in [1.29, 1.82) is 0 Å². The second-order valence-electron chi connectivity index (χ2n) is 2.34. The maximum absolute atomic E-state index is 5.72. The molecule has 0 amide bonds. The minimum Gasteiger partial charge on any atom is -0.383 e. The first kappa shape index (κ1) is 8.16. The Kier molecular flexibility index (Phi) is 2.56. The normalized spacial score (nSPS) is 13.4. The molecule has 1 heterocycles. The lowest BCUT2D eigenvalue weighted by atomic mass is 10.2. The zero-order valence-electron chi connectivity index (χ0n) is 6.69. The number of ether oxygens (including phenoxy) is 1. The lowest BCUT2D eigenvalue weighted by Crippen LogP contribution is -2.19. The van der Waals surface area contributed by atoms with Gasteiger partial charge in [-0.3, -0.25) is 4.68 Å². The third-order valence-corrected chi connectivity index (χ3v) is 1.48. The van der Waals surface area contributed by atoms with Gasteiger partial charge in [-0.15, -0.1) is 5.10 Å². The molecule has 5 heteroatoms. The molecule has 0 spiro atoms. The predicted octanol–water partition coefficient (Wildman–Crippen LogP) is -0.539. The molecule has 0 aliphatic heterocycles. The summed E-state index contributed by atoms with van der Waals surface area (Å²) < 4.78 is 6.53. The van der Waals surface area contributed by atoms with Gasteiger partial charge in [0.1, 0.15) is 0 Å². The van der Waals surface area contributed by atoms with Gasteiger partial charge >= 0.3 is 0 Å². The van der Waals surface area contributed by atoms with Gasteiger partial charge in [0.25, 0.3) is 0 Å². The summed E-state index contributed by atoms with van der Waals surface area (Å²) in [6.07, 6.45) is 1.64. The Morgan fingerprint density at radius 2 is 2.55 bits per heavy atom. The molecule has 0 aromatic carbocycles. The molecule has 0 radical (unpaired) electrons. The van der Waals surface area contributed by atoms with Gasteiger partial charge in [0.15, 0.2) is 0 Å². The second kappa shape index (κ2) is 3.45. The van der Waals surface area contributed by atoms with E-state index in [4.69, 9.17) is 10.5 Å². The Morgan fingerprint density at radius 1 is 1.82 bits per heavy atom. The summed E-state index contributed by atoms with van der Waals surface area (Å²) in [6, 6.07) is -0.139. The van der Waals surface area contributed by atoms with Crippen LogP contribution >= 0.6 is 0 Å². The number of nitrogens with zero attached hydrogens (tertiary/aromatic N) is 3. The number of hydrogen-bond acceptors (Lipinski definition) is 4. The van der Waals surface area contributed by atoms with Crippen LogP contribution in [0.2, 0.25) is 0 Å². The van der Waals surface area contributed by atoms with Gasteiger partial charge in [-0.25, -0.2) is 0 Å². The van der Waals surface area contributed by atoms with E-state index in [1.54, 1.807) is 25.0 Å². The standard InChI is InChI=1S/C6H12N4O/c1-10-6(3-8-9-10)5(7)4-11-2/h3,5H,4,7H2,1-2H3/t5-/m0/s1. The van der Waals surface area contributed by atoms with Gasteiger partial charge in [0.05, 0.1) is 24.5 Å². The number of aromatic nitrogens is 3. The van der Waals surface area contributed by atoms with E-state index in [1.165, 1.54) is 0 Å². The summed E-state index contributed by atoms with van der Waals surface area (Å²) in [5.74, 6) is 0. The van der Waals surface area contributed by atoms with Gasteiger partial charge in [-0.1, -0.05) is 5.21 Å². The van der Waals surface area contributed by atoms with E-state index in [9.17, 15) is 0 Å². The van der Waals surface area contributed by atoms with Crippen molar-refractivity contribution in [1.82, 2.24) is 15.0 Å². The fourth-order valence-electron chi connectivity index (χ4n) is 0.898. The van der Waals surface area contributed by atoms with Crippen LogP contribution in [0, 0.1) is 0 Å².